The Hall–Kier alpha value is -0.600. The van der Waals surface area contributed by atoms with Crippen LogP contribution in [0, 0.1) is 0 Å². The number of benzene rings is 2. The molecule has 0 heterocycles. The van der Waals surface area contributed by atoms with Gasteiger partial charge in [-0.1, -0.05) is 74.3 Å². The zero-order chi connectivity index (χ0) is 11.4. The summed E-state index contributed by atoms with van der Waals surface area (Å²) in [5, 5.41) is 0. The highest BCUT2D eigenvalue weighted by molar-refractivity contribution is 9.10. The summed E-state index contributed by atoms with van der Waals surface area (Å²) >= 11 is 7.17. The molecule has 0 aliphatic carbocycles. The van der Waals surface area contributed by atoms with Gasteiger partial charge in [0, 0.05) is 9.30 Å². The zero-order valence-corrected chi connectivity index (χ0v) is 11.9. The van der Waals surface area contributed by atoms with Crippen LogP contribution in [-0.2, 0) is 6.42 Å². The molecule has 0 aliphatic rings. The molecule has 0 amide bonds. The zero-order valence-electron chi connectivity index (χ0n) is 8.74. The molecule has 0 fully saturated rings. The van der Waals surface area contributed by atoms with Gasteiger partial charge < -0.3 is 0 Å². The van der Waals surface area contributed by atoms with E-state index < -0.39 is 0 Å². The van der Waals surface area contributed by atoms with Crippen molar-refractivity contribution in [1.29, 1.82) is 0 Å². The monoisotopic (exact) mass is 338 g/mol. The van der Waals surface area contributed by atoms with Crippen molar-refractivity contribution in [3.8, 4) is 0 Å². The second kappa shape index (κ2) is 5.65. The van der Waals surface area contributed by atoms with Gasteiger partial charge in [-0.15, -0.1) is 0 Å². The van der Waals surface area contributed by atoms with Crippen molar-refractivity contribution in [3.05, 3.63) is 70.2 Å². The van der Waals surface area contributed by atoms with E-state index >= 15 is 0 Å². The van der Waals surface area contributed by atoms with E-state index in [1.54, 1.807) is 0 Å². The molecule has 2 aromatic carbocycles. The van der Waals surface area contributed by atoms with E-state index in [2.05, 4.69) is 80.4 Å². The van der Waals surface area contributed by atoms with E-state index in [9.17, 15) is 0 Å². The molecule has 0 saturated heterocycles. The quantitative estimate of drug-likeness (QED) is 0.680. The van der Waals surface area contributed by atoms with E-state index in [1.165, 1.54) is 11.1 Å². The largest absolute Gasteiger partial charge is 0.0835 e. The van der Waals surface area contributed by atoms with Crippen LogP contribution in [0.2, 0.25) is 0 Å². The predicted molar refractivity (Wildman–Crippen MR) is 76.0 cm³/mol. The summed E-state index contributed by atoms with van der Waals surface area (Å²) in [5.41, 5.74) is 2.67. The fraction of sp³-hybridized carbons (Fsp3) is 0.143. The molecule has 1 unspecified atom stereocenters. The summed E-state index contributed by atoms with van der Waals surface area (Å²) in [6.07, 6.45) is 1.01. The van der Waals surface area contributed by atoms with Gasteiger partial charge in [0.25, 0.3) is 0 Å². The molecule has 0 bridgehead atoms. The van der Waals surface area contributed by atoms with Gasteiger partial charge in [0.15, 0.2) is 0 Å². The molecule has 1 atom stereocenters. The van der Waals surface area contributed by atoms with Crippen LogP contribution < -0.4 is 0 Å². The first-order valence-electron chi connectivity index (χ1n) is 5.19. The Morgan fingerprint density at radius 3 is 2.12 bits per heavy atom. The second-order valence-electron chi connectivity index (χ2n) is 3.71. The fourth-order valence-electron chi connectivity index (χ4n) is 1.61. The Bertz CT molecular complexity index is 434. The molecule has 0 spiro atoms. The Balaban J connectivity index is 2.08. The first-order chi connectivity index (χ1) is 7.75. The number of alkyl halides is 1. The van der Waals surface area contributed by atoms with E-state index in [0.29, 0.717) is 4.83 Å². The minimum absolute atomic E-state index is 0.384. The summed E-state index contributed by atoms with van der Waals surface area (Å²) < 4.78 is 1.13. The molecule has 16 heavy (non-hydrogen) atoms. The molecule has 82 valence electrons. The van der Waals surface area contributed by atoms with Crippen LogP contribution in [0.4, 0.5) is 0 Å². The molecule has 2 aromatic rings. The first-order valence-corrected chi connectivity index (χ1v) is 6.90. The summed E-state index contributed by atoms with van der Waals surface area (Å²) in [7, 11) is 0. The molecular formula is C14H12Br2. The summed E-state index contributed by atoms with van der Waals surface area (Å²) in [6, 6.07) is 19.0. The Kier molecular flexibility index (Phi) is 4.19. The molecule has 0 saturated carbocycles. The second-order valence-corrected chi connectivity index (χ2v) is 5.73. The van der Waals surface area contributed by atoms with E-state index in [-0.39, 0.29) is 0 Å². The molecular weight excluding hydrogens is 328 g/mol. The lowest BCUT2D eigenvalue weighted by molar-refractivity contribution is 0.948. The van der Waals surface area contributed by atoms with E-state index in [0.717, 1.165) is 10.9 Å². The summed E-state index contributed by atoms with van der Waals surface area (Å²) in [4.78, 5) is 0.384. The van der Waals surface area contributed by atoms with E-state index in [1.807, 2.05) is 6.07 Å². The molecule has 0 aliphatic heterocycles. The third kappa shape index (κ3) is 3.19. The van der Waals surface area contributed by atoms with Crippen molar-refractivity contribution in [2.75, 3.05) is 0 Å². The highest BCUT2D eigenvalue weighted by atomic mass is 79.9. The van der Waals surface area contributed by atoms with Crippen LogP contribution >= 0.6 is 31.9 Å². The minimum atomic E-state index is 0.384. The third-order valence-corrected chi connectivity index (χ3v) is 3.87. The van der Waals surface area contributed by atoms with Gasteiger partial charge >= 0.3 is 0 Å². The van der Waals surface area contributed by atoms with Crippen LogP contribution in [-0.4, -0.2) is 0 Å². The van der Waals surface area contributed by atoms with Crippen molar-refractivity contribution < 1.29 is 0 Å². The Morgan fingerprint density at radius 1 is 0.875 bits per heavy atom. The number of hydrogen-bond acceptors (Lipinski definition) is 0. The maximum absolute atomic E-state index is 3.73. The highest BCUT2D eigenvalue weighted by Crippen LogP contribution is 2.27. The molecule has 2 rings (SSSR count). The molecule has 0 radical (unpaired) electrons. The predicted octanol–water partition coefficient (Wildman–Crippen LogP) is 5.13. The van der Waals surface area contributed by atoms with Crippen LogP contribution in [0.1, 0.15) is 16.0 Å². The van der Waals surface area contributed by atoms with Gasteiger partial charge in [-0.3, -0.25) is 0 Å². The van der Waals surface area contributed by atoms with Gasteiger partial charge in [0.1, 0.15) is 0 Å². The normalized spacial score (nSPS) is 12.4. The smallest absolute Gasteiger partial charge is 0.0435 e. The standard InChI is InChI=1S/C14H12Br2/c15-13-8-6-11(7-9-13)10-14(16)12-4-2-1-3-5-12/h1-9,14H,10H2. The lowest BCUT2D eigenvalue weighted by atomic mass is 10.0. The van der Waals surface area contributed by atoms with Crippen LogP contribution in [0.15, 0.2) is 59.1 Å². The van der Waals surface area contributed by atoms with Gasteiger partial charge in [-0.05, 0) is 29.7 Å². The van der Waals surface area contributed by atoms with Crippen molar-refractivity contribution in [3.63, 3.8) is 0 Å². The highest BCUT2D eigenvalue weighted by Gasteiger charge is 2.07. The van der Waals surface area contributed by atoms with Crippen molar-refractivity contribution >= 4 is 31.9 Å². The summed E-state index contributed by atoms with van der Waals surface area (Å²) in [6.45, 7) is 0. The molecule has 0 nitrogen and oxygen atoms in total. The Labute approximate surface area is 113 Å². The van der Waals surface area contributed by atoms with Crippen LogP contribution in [0.25, 0.3) is 0 Å². The third-order valence-electron chi connectivity index (χ3n) is 2.49. The Morgan fingerprint density at radius 2 is 1.50 bits per heavy atom. The SMILES string of the molecule is Brc1ccc(CC(Br)c2ccccc2)cc1. The number of rotatable bonds is 3. The van der Waals surface area contributed by atoms with Gasteiger partial charge in [0.2, 0.25) is 0 Å². The van der Waals surface area contributed by atoms with Crippen LogP contribution in [0.5, 0.6) is 0 Å². The fourth-order valence-corrected chi connectivity index (χ4v) is 2.55. The minimum Gasteiger partial charge on any atom is -0.0835 e. The van der Waals surface area contributed by atoms with Gasteiger partial charge in [0.05, 0.1) is 0 Å². The van der Waals surface area contributed by atoms with Crippen molar-refractivity contribution in [1.82, 2.24) is 0 Å². The van der Waals surface area contributed by atoms with Crippen molar-refractivity contribution in [2.24, 2.45) is 0 Å². The van der Waals surface area contributed by atoms with Crippen LogP contribution in [0.3, 0.4) is 0 Å². The maximum Gasteiger partial charge on any atom is 0.0435 e. The van der Waals surface area contributed by atoms with E-state index in [4.69, 9.17) is 0 Å². The average molecular weight is 340 g/mol. The molecule has 0 N–H and O–H groups in total. The lowest BCUT2D eigenvalue weighted by Crippen LogP contribution is -1.94. The average Bonchev–Trinajstić information content (AvgIpc) is 2.33. The molecule has 0 aromatic heterocycles. The first kappa shape index (κ1) is 11.9. The number of halogens is 2. The lowest BCUT2D eigenvalue weighted by Gasteiger charge is -2.10. The maximum atomic E-state index is 3.73. The van der Waals surface area contributed by atoms with Gasteiger partial charge in [-0.2, -0.15) is 0 Å². The molecule has 2 heteroatoms. The van der Waals surface area contributed by atoms with Crippen molar-refractivity contribution in [2.45, 2.75) is 11.2 Å². The topological polar surface area (TPSA) is 0 Å². The van der Waals surface area contributed by atoms with Gasteiger partial charge in [-0.25, -0.2) is 0 Å². The summed E-state index contributed by atoms with van der Waals surface area (Å²) in [5.74, 6) is 0. The number of hydrogen-bond donors (Lipinski definition) is 0.